The summed E-state index contributed by atoms with van der Waals surface area (Å²) >= 11 is 0. The van der Waals surface area contributed by atoms with E-state index in [9.17, 15) is 58.5 Å². The summed E-state index contributed by atoms with van der Waals surface area (Å²) in [5.74, 6) is -7.79. The van der Waals surface area contributed by atoms with Crippen LogP contribution in [0.15, 0.2) is 0 Å². The predicted octanol–water partition coefficient (Wildman–Crippen LogP) is -4.12. The summed E-state index contributed by atoms with van der Waals surface area (Å²) in [6.07, 6.45) is 4.76. The van der Waals surface area contributed by atoms with Crippen LogP contribution < -0.4 is 60.2 Å². The van der Waals surface area contributed by atoms with Crippen LogP contribution in [0.25, 0.3) is 0 Å². The van der Waals surface area contributed by atoms with Crippen molar-refractivity contribution in [2.75, 3.05) is 45.9 Å². The fourth-order valence-corrected chi connectivity index (χ4v) is 7.26. The van der Waals surface area contributed by atoms with E-state index >= 15 is 0 Å². The number of aliphatic hydroxyl groups is 2. The van der Waals surface area contributed by atoms with Gasteiger partial charge in [-0.3, -0.25) is 38.4 Å². The number of rotatable bonds is 34. The third-order valence-electron chi connectivity index (χ3n) is 11.5. The number of unbranched alkanes of at least 4 members (excludes halogenated alkanes) is 3. The van der Waals surface area contributed by atoms with Crippen LogP contribution in [-0.4, -0.2) is 168 Å². The Kier molecular flexibility index (Phi) is 29.2. The van der Waals surface area contributed by atoms with Gasteiger partial charge in [0.1, 0.15) is 42.3 Å². The van der Waals surface area contributed by atoms with E-state index in [1.165, 1.54) is 4.90 Å². The van der Waals surface area contributed by atoms with Crippen molar-refractivity contribution in [2.45, 2.75) is 160 Å². The van der Waals surface area contributed by atoms with E-state index in [4.69, 9.17) is 22.9 Å². The number of nitrogens with zero attached hydrogens (tertiary/aromatic N) is 1. The van der Waals surface area contributed by atoms with Gasteiger partial charge in [-0.1, -0.05) is 34.1 Å². The van der Waals surface area contributed by atoms with E-state index in [0.717, 1.165) is 0 Å². The Bertz CT molecular complexity index is 1610. The first-order chi connectivity index (χ1) is 31.8. The highest BCUT2D eigenvalue weighted by Crippen LogP contribution is 2.21. The number of aliphatic carboxylic acids is 1. The molecule has 1 saturated heterocycles. The zero-order chi connectivity index (χ0) is 50.6. The maximum Gasteiger partial charge on any atom is 0.326 e. The number of aliphatic hydroxyl groups excluding tert-OH is 2. The van der Waals surface area contributed by atoms with E-state index in [1.54, 1.807) is 13.8 Å². The molecule has 1 aliphatic heterocycles. The van der Waals surface area contributed by atoms with Gasteiger partial charge in [0.25, 0.3) is 0 Å². The monoisotopic (exact) mass is 957 g/mol. The van der Waals surface area contributed by atoms with Crippen LogP contribution >= 0.6 is 0 Å². The molecule has 8 amide bonds. The number of likely N-dealkylation sites (tertiary alicyclic amines) is 1. The summed E-state index contributed by atoms with van der Waals surface area (Å²) in [4.78, 5) is 120. The second kappa shape index (κ2) is 32.7. The summed E-state index contributed by atoms with van der Waals surface area (Å²) in [6.45, 7) is 5.92. The molecule has 24 heteroatoms. The van der Waals surface area contributed by atoms with Crippen molar-refractivity contribution in [2.24, 2.45) is 34.8 Å². The van der Waals surface area contributed by atoms with Crippen molar-refractivity contribution in [3.8, 4) is 0 Å². The third kappa shape index (κ3) is 21.7. The first-order valence-electron chi connectivity index (χ1n) is 23.5. The van der Waals surface area contributed by atoms with Crippen molar-refractivity contribution < 1.29 is 58.5 Å². The lowest BCUT2D eigenvalue weighted by Gasteiger charge is -2.31. The van der Waals surface area contributed by atoms with Gasteiger partial charge in [-0.25, -0.2) is 4.79 Å². The van der Waals surface area contributed by atoms with E-state index in [2.05, 4.69) is 37.2 Å². The maximum absolute atomic E-state index is 13.9. The molecule has 0 bridgehead atoms. The molecular weight excluding hydrogens is 877 g/mol. The molecule has 18 N–H and O–H groups in total. The minimum absolute atomic E-state index is 0.0547. The SMILES string of the molecule is CC[C@H](C)[C@H](N)C(=O)N[C@@H](CCCCN)C(=O)N1CCC[C@H]1C(=O)N[C@@H](CO)C(=O)N[C@@H](CC(C)C)C(=O)NCC(=O)N[C@@H](CO)C(=O)N[C@@H](CCCCN)C(=O)N[C@@H](CCCCN)C(=O)O. The zero-order valence-corrected chi connectivity index (χ0v) is 39.7. The number of carboxylic acids is 1. The van der Waals surface area contributed by atoms with Gasteiger partial charge in [0.05, 0.1) is 25.8 Å². The van der Waals surface area contributed by atoms with E-state index < -0.39 is 121 Å². The highest BCUT2D eigenvalue weighted by atomic mass is 16.4. The average molecular weight is 957 g/mol. The van der Waals surface area contributed by atoms with Crippen LogP contribution in [0, 0.1) is 11.8 Å². The molecule has 0 aromatic rings. The topological polar surface area (TPSA) is 406 Å². The van der Waals surface area contributed by atoms with Gasteiger partial charge in [0, 0.05) is 6.54 Å². The normalized spacial score (nSPS) is 17.1. The highest BCUT2D eigenvalue weighted by Gasteiger charge is 2.40. The predicted molar refractivity (Wildman–Crippen MR) is 247 cm³/mol. The van der Waals surface area contributed by atoms with Gasteiger partial charge in [-0.2, -0.15) is 0 Å². The number of hydrogen-bond donors (Lipinski definition) is 14. The molecule has 0 aliphatic carbocycles. The number of carbonyl (C=O) groups is 9. The van der Waals surface area contributed by atoms with Crippen molar-refractivity contribution in [1.29, 1.82) is 0 Å². The van der Waals surface area contributed by atoms with Gasteiger partial charge in [0.15, 0.2) is 0 Å². The van der Waals surface area contributed by atoms with Gasteiger partial charge in [-0.15, -0.1) is 0 Å². The summed E-state index contributed by atoms with van der Waals surface area (Å²) in [7, 11) is 0. The minimum Gasteiger partial charge on any atom is -0.480 e. The van der Waals surface area contributed by atoms with Crippen LogP contribution in [0.3, 0.4) is 0 Å². The number of carbonyl (C=O) groups excluding carboxylic acids is 8. The third-order valence-corrected chi connectivity index (χ3v) is 11.5. The second-order valence-corrected chi connectivity index (χ2v) is 17.4. The lowest BCUT2D eigenvalue weighted by Crippen LogP contribution is -2.60. The molecule has 384 valence electrons. The summed E-state index contributed by atoms with van der Waals surface area (Å²) < 4.78 is 0. The molecule has 1 aliphatic rings. The maximum atomic E-state index is 13.9. The quantitative estimate of drug-likeness (QED) is 0.0273. The zero-order valence-electron chi connectivity index (χ0n) is 39.7. The number of nitrogens with two attached hydrogens (primary N) is 4. The molecule has 0 spiro atoms. The smallest absolute Gasteiger partial charge is 0.326 e. The molecule has 0 unspecified atom stereocenters. The highest BCUT2D eigenvalue weighted by molar-refractivity contribution is 5.97. The van der Waals surface area contributed by atoms with E-state index in [1.807, 2.05) is 13.8 Å². The molecule has 0 saturated carbocycles. The van der Waals surface area contributed by atoms with Crippen LogP contribution in [0.1, 0.15) is 111 Å². The van der Waals surface area contributed by atoms with Crippen LogP contribution in [0.4, 0.5) is 0 Å². The average Bonchev–Trinajstić information content (AvgIpc) is 3.79. The van der Waals surface area contributed by atoms with Crippen molar-refractivity contribution in [3.63, 3.8) is 0 Å². The van der Waals surface area contributed by atoms with Crippen LogP contribution in [0.2, 0.25) is 0 Å². The number of nitrogens with one attached hydrogen (secondary N) is 7. The molecule has 9 atom stereocenters. The Hall–Kier alpha value is -5.01. The van der Waals surface area contributed by atoms with Crippen LogP contribution in [-0.2, 0) is 43.2 Å². The fraction of sp³-hybridized carbons (Fsp3) is 0.791. The van der Waals surface area contributed by atoms with Crippen LogP contribution in [0.5, 0.6) is 0 Å². The largest absolute Gasteiger partial charge is 0.480 e. The second-order valence-electron chi connectivity index (χ2n) is 17.4. The standard InChI is InChI=1S/C43H80N12O12/c1-5-26(4)35(47)41(64)51-28(14-7-10-18-45)42(65)55-20-12-16-33(55)40(63)54-32(24-57)39(62)53-30(21-25(2)3)36(59)48-22-34(58)49-31(23-56)38(61)50-27(13-6-9-17-44)37(60)52-29(43(66)67)15-8-11-19-46/h25-33,35,56-57H,5-24,44-47H2,1-4H3,(H,48,59)(H,49,58)(H,50,61)(H,51,64)(H,52,60)(H,53,62)(H,54,63)(H,66,67)/t26-,27-,28-,29-,30-,31-,32-,33-,35-/m0/s1. The Morgan fingerprint density at radius 1 is 0.612 bits per heavy atom. The molecule has 0 aromatic heterocycles. The van der Waals surface area contributed by atoms with Crippen molar-refractivity contribution in [1.82, 2.24) is 42.1 Å². The van der Waals surface area contributed by atoms with Gasteiger partial charge in [-0.05, 0) is 109 Å². The Balaban J connectivity index is 3.02. The number of hydrogen-bond acceptors (Lipinski definition) is 15. The molecule has 0 aromatic carbocycles. The lowest BCUT2D eigenvalue weighted by molar-refractivity contribution is -0.143. The summed E-state index contributed by atoms with van der Waals surface area (Å²) in [5.41, 5.74) is 22.9. The first kappa shape index (κ1) is 60.0. The molecule has 67 heavy (non-hydrogen) atoms. The van der Waals surface area contributed by atoms with E-state index in [-0.39, 0.29) is 50.5 Å². The molecule has 0 radical (unpaired) electrons. The summed E-state index contributed by atoms with van der Waals surface area (Å²) in [5, 5.41) is 47.0. The number of amides is 8. The van der Waals surface area contributed by atoms with Gasteiger partial charge >= 0.3 is 5.97 Å². The lowest BCUT2D eigenvalue weighted by atomic mass is 9.98. The first-order valence-corrected chi connectivity index (χ1v) is 23.5. The van der Waals surface area contributed by atoms with Gasteiger partial charge < -0.3 is 80.4 Å². The van der Waals surface area contributed by atoms with E-state index in [0.29, 0.717) is 71.0 Å². The molecular formula is C43H80N12O12. The van der Waals surface area contributed by atoms with Crippen molar-refractivity contribution >= 4 is 53.2 Å². The molecule has 1 rings (SSSR count). The molecule has 24 nitrogen and oxygen atoms in total. The Morgan fingerprint density at radius 2 is 1.09 bits per heavy atom. The minimum atomic E-state index is -1.59. The molecule has 1 heterocycles. The van der Waals surface area contributed by atoms with Gasteiger partial charge in [0.2, 0.25) is 47.3 Å². The Labute approximate surface area is 393 Å². The summed E-state index contributed by atoms with van der Waals surface area (Å²) in [6, 6.07) is -9.78. The van der Waals surface area contributed by atoms with Crippen molar-refractivity contribution in [3.05, 3.63) is 0 Å². The molecule has 1 fully saturated rings. The fourth-order valence-electron chi connectivity index (χ4n) is 7.26. The Morgan fingerprint density at radius 3 is 1.60 bits per heavy atom. The number of carboxylic acid groups (broad SMARTS) is 1.